The van der Waals surface area contributed by atoms with Crippen LogP contribution in [0.4, 0.5) is 5.69 Å². The lowest BCUT2D eigenvalue weighted by Gasteiger charge is -2.13. The minimum atomic E-state index is -0.360. The zero-order valence-corrected chi connectivity index (χ0v) is 16.5. The maximum absolute atomic E-state index is 11.2. The highest BCUT2D eigenvalue weighted by atomic mass is 16.6. The molecule has 8 nitrogen and oxygen atoms in total. The Labute approximate surface area is 178 Å². The fourth-order valence-electron chi connectivity index (χ4n) is 2.62. The molecule has 5 rings (SSSR count). The van der Waals surface area contributed by atoms with Gasteiger partial charge in [0, 0.05) is 23.9 Å². The van der Waals surface area contributed by atoms with Crippen LogP contribution in [-0.4, -0.2) is 16.9 Å². The number of carbonyl (C=O) groups is 2. The summed E-state index contributed by atoms with van der Waals surface area (Å²) in [6, 6.07) is 17.4. The van der Waals surface area contributed by atoms with Crippen molar-refractivity contribution in [1.82, 2.24) is 5.48 Å². The number of benzene rings is 2. The second-order valence-corrected chi connectivity index (χ2v) is 6.24. The summed E-state index contributed by atoms with van der Waals surface area (Å²) >= 11 is 0. The third-order valence-corrected chi connectivity index (χ3v) is 4.12. The molecule has 0 spiro atoms. The molecule has 2 amide bonds. The Morgan fingerprint density at radius 2 is 1.61 bits per heavy atom. The van der Waals surface area contributed by atoms with Crippen LogP contribution in [0.15, 0.2) is 89.7 Å². The number of furan rings is 1. The first kappa shape index (κ1) is 21.4. The molecule has 0 radical (unpaired) electrons. The van der Waals surface area contributed by atoms with Gasteiger partial charge in [-0.15, -0.1) is 0 Å². The van der Waals surface area contributed by atoms with E-state index in [0.717, 1.165) is 22.0 Å². The number of rotatable bonds is 2. The van der Waals surface area contributed by atoms with Crippen LogP contribution in [0.25, 0.3) is 6.08 Å². The second kappa shape index (κ2) is 10.5. The molecular formula is C23H21N3O5. The van der Waals surface area contributed by atoms with Gasteiger partial charge in [0.2, 0.25) is 0 Å². The van der Waals surface area contributed by atoms with Crippen LogP contribution in [0.2, 0.25) is 0 Å². The van der Waals surface area contributed by atoms with Crippen molar-refractivity contribution >= 4 is 23.6 Å². The SMILES string of the molecule is C1=Cc2ccccc2ON1.NCc1ccco1.O=C1C=CC(=O)N1c1ccc(O)cc1. The topological polar surface area (TPSA) is 118 Å². The van der Waals surface area contributed by atoms with E-state index in [2.05, 4.69) is 5.48 Å². The Morgan fingerprint density at radius 3 is 2.19 bits per heavy atom. The molecule has 4 N–H and O–H groups in total. The number of nitrogens with one attached hydrogen (secondary N) is 1. The first-order chi connectivity index (χ1) is 15.1. The molecule has 31 heavy (non-hydrogen) atoms. The minimum Gasteiger partial charge on any atom is -0.508 e. The predicted octanol–water partition coefficient (Wildman–Crippen LogP) is 3.11. The van der Waals surface area contributed by atoms with Crippen molar-refractivity contribution in [3.63, 3.8) is 0 Å². The van der Waals surface area contributed by atoms with Crippen molar-refractivity contribution in [1.29, 1.82) is 0 Å². The van der Waals surface area contributed by atoms with E-state index in [1.807, 2.05) is 42.5 Å². The number of hydrogen-bond acceptors (Lipinski definition) is 7. The van der Waals surface area contributed by atoms with Crippen LogP contribution in [-0.2, 0) is 16.1 Å². The van der Waals surface area contributed by atoms with Crippen LogP contribution in [0, 0.1) is 0 Å². The molecule has 3 aromatic rings. The van der Waals surface area contributed by atoms with Crippen molar-refractivity contribution in [2.24, 2.45) is 5.73 Å². The number of amides is 2. The molecule has 0 saturated carbocycles. The molecule has 2 aliphatic heterocycles. The predicted molar refractivity (Wildman–Crippen MR) is 116 cm³/mol. The van der Waals surface area contributed by atoms with Gasteiger partial charge in [0.05, 0.1) is 18.5 Å². The fraction of sp³-hybridized carbons (Fsp3) is 0.0435. The number of aromatic hydroxyl groups is 1. The van der Waals surface area contributed by atoms with Crippen LogP contribution < -0.4 is 21.0 Å². The Kier molecular flexibility index (Phi) is 7.23. The monoisotopic (exact) mass is 419 g/mol. The van der Waals surface area contributed by atoms with E-state index in [-0.39, 0.29) is 17.6 Å². The van der Waals surface area contributed by atoms with E-state index >= 15 is 0 Å². The first-order valence-corrected chi connectivity index (χ1v) is 9.34. The molecular weight excluding hydrogens is 398 g/mol. The lowest BCUT2D eigenvalue weighted by Crippen LogP contribution is -2.29. The number of phenolic OH excluding ortho intramolecular Hbond substituents is 1. The summed E-state index contributed by atoms with van der Waals surface area (Å²) in [7, 11) is 0. The van der Waals surface area contributed by atoms with Crippen molar-refractivity contribution in [2.45, 2.75) is 6.54 Å². The van der Waals surface area contributed by atoms with E-state index in [0.29, 0.717) is 12.2 Å². The van der Waals surface area contributed by atoms with E-state index < -0.39 is 0 Å². The van der Waals surface area contributed by atoms with Gasteiger partial charge in [-0.2, -0.15) is 0 Å². The van der Waals surface area contributed by atoms with Gasteiger partial charge < -0.3 is 20.1 Å². The van der Waals surface area contributed by atoms with E-state index in [4.69, 9.17) is 20.1 Å². The Bertz CT molecular complexity index is 1050. The molecule has 0 unspecified atom stereocenters. The quantitative estimate of drug-likeness (QED) is 0.546. The largest absolute Gasteiger partial charge is 0.508 e. The molecule has 0 saturated heterocycles. The smallest absolute Gasteiger partial charge is 0.258 e. The number of carbonyl (C=O) groups excluding carboxylic acids is 2. The number of anilines is 1. The Hall–Kier alpha value is -4.30. The average molecular weight is 419 g/mol. The number of imide groups is 1. The highest BCUT2D eigenvalue weighted by molar-refractivity contribution is 6.28. The zero-order chi connectivity index (χ0) is 22.1. The molecule has 158 valence electrons. The summed E-state index contributed by atoms with van der Waals surface area (Å²) in [6.07, 6.45) is 7.79. The van der Waals surface area contributed by atoms with Crippen molar-refractivity contribution in [2.75, 3.05) is 4.90 Å². The Morgan fingerprint density at radius 1 is 0.903 bits per heavy atom. The summed E-state index contributed by atoms with van der Waals surface area (Å²) in [6.45, 7) is 0.493. The number of fused-ring (bicyclic) bond motifs is 1. The molecule has 0 atom stereocenters. The number of hydrogen-bond donors (Lipinski definition) is 3. The zero-order valence-electron chi connectivity index (χ0n) is 16.5. The summed E-state index contributed by atoms with van der Waals surface area (Å²) in [5.74, 6) is 1.09. The fourth-order valence-corrected chi connectivity index (χ4v) is 2.62. The number of hydroxylamine groups is 1. The normalized spacial score (nSPS) is 13.3. The molecule has 3 heterocycles. The van der Waals surface area contributed by atoms with Gasteiger partial charge >= 0.3 is 0 Å². The third kappa shape index (κ3) is 5.84. The Balaban J connectivity index is 0.000000140. The molecule has 1 aromatic heterocycles. The van der Waals surface area contributed by atoms with Gasteiger partial charge in [-0.25, -0.2) is 10.4 Å². The second-order valence-electron chi connectivity index (χ2n) is 6.24. The minimum absolute atomic E-state index is 0.0980. The van der Waals surface area contributed by atoms with Gasteiger partial charge in [-0.3, -0.25) is 9.59 Å². The molecule has 0 fully saturated rings. The molecule has 2 aromatic carbocycles. The summed E-state index contributed by atoms with van der Waals surface area (Å²) in [4.78, 5) is 28.6. The molecule has 0 bridgehead atoms. The van der Waals surface area contributed by atoms with E-state index in [1.54, 1.807) is 12.5 Å². The van der Waals surface area contributed by atoms with Crippen LogP contribution in [0.5, 0.6) is 11.5 Å². The van der Waals surface area contributed by atoms with Crippen LogP contribution in [0.3, 0.4) is 0 Å². The van der Waals surface area contributed by atoms with Gasteiger partial charge in [0.15, 0.2) is 5.75 Å². The molecule has 8 heteroatoms. The van der Waals surface area contributed by atoms with E-state index in [1.165, 1.54) is 36.4 Å². The maximum Gasteiger partial charge on any atom is 0.258 e. The lowest BCUT2D eigenvalue weighted by atomic mass is 10.2. The van der Waals surface area contributed by atoms with E-state index in [9.17, 15) is 9.59 Å². The first-order valence-electron chi connectivity index (χ1n) is 9.34. The highest BCUT2D eigenvalue weighted by Gasteiger charge is 2.24. The summed E-state index contributed by atoms with van der Waals surface area (Å²) in [5.41, 5.74) is 9.43. The van der Waals surface area contributed by atoms with Gasteiger partial charge in [0.1, 0.15) is 11.5 Å². The lowest BCUT2D eigenvalue weighted by molar-refractivity contribution is -0.119. The van der Waals surface area contributed by atoms with Gasteiger partial charge in [0.25, 0.3) is 11.8 Å². The third-order valence-electron chi connectivity index (χ3n) is 4.12. The maximum atomic E-state index is 11.2. The van der Waals surface area contributed by atoms with Crippen LogP contribution >= 0.6 is 0 Å². The summed E-state index contributed by atoms with van der Waals surface area (Å²) < 4.78 is 4.86. The molecule has 0 aliphatic carbocycles. The van der Waals surface area contributed by atoms with Gasteiger partial charge in [-0.1, -0.05) is 18.2 Å². The van der Waals surface area contributed by atoms with Crippen molar-refractivity contribution < 1.29 is 24.0 Å². The standard InChI is InChI=1S/C10H7NO3.C8H7NO.C5H7NO/c12-8-3-1-7(2-4-8)11-9(13)5-6-10(11)14;1-2-4-8-7(3-1)5-6-9-10-8;6-4-5-2-1-3-7-5/h1-6,12H;1-6,9H;1-3H,4,6H2. The van der Waals surface area contributed by atoms with Crippen LogP contribution in [0.1, 0.15) is 11.3 Å². The van der Waals surface area contributed by atoms with Crippen molar-refractivity contribution in [3.8, 4) is 11.5 Å². The number of nitrogens with zero attached hydrogens (tertiary/aromatic N) is 1. The highest BCUT2D eigenvalue weighted by Crippen LogP contribution is 2.21. The van der Waals surface area contributed by atoms with Gasteiger partial charge in [-0.05, 0) is 48.5 Å². The number of para-hydroxylation sites is 1. The average Bonchev–Trinajstić information content (AvgIpc) is 3.45. The number of phenols is 1. The van der Waals surface area contributed by atoms with Crippen molar-refractivity contribution in [3.05, 3.63) is 96.6 Å². The molecule has 2 aliphatic rings. The number of nitrogens with two attached hydrogens (primary N) is 1. The summed E-state index contributed by atoms with van der Waals surface area (Å²) in [5, 5.41) is 9.03.